The molecule has 0 aromatic carbocycles. The normalized spacial score (nSPS) is 11.2. The third-order valence-electron chi connectivity index (χ3n) is 3.14. The fourth-order valence-corrected chi connectivity index (χ4v) is 3.29. The van der Waals surface area contributed by atoms with Gasteiger partial charge in [0, 0.05) is 0 Å². The van der Waals surface area contributed by atoms with Crippen LogP contribution in [0, 0.1) is 22.7 Å². The molecule has 0 fully saturated rings. The fraction of sp³-hybridized carbons (Fsp3) is 0.857. The van der Waals surface area contributed by atoms with E-state index in [0.717, 1.165) is 23.6 Å². The lowest BCUT2D eigenvalue weighted by molar-refractivity contribution is 0.476. The van der Waals surface area contributed by atoms with Gasteiger partial charge in [-0.25, -0.2) is 8.42 Å². The van der Waals surface area contributed by atoms with E-state index in [1.165, 1.54) is 25.7 Å². The van der Waals surface area contributed by atoms with E-state index in [1.807, 2.05) is 0 Å². The Hall–Kier alpha value is -1.11. The molecule has 0 heterocycles. The monoisotopic (exact) mass is 299 g/mol. The summed E-state index contributed by atoms with van der Waals surface area (Å²) in [5, 5.41) is 17.1. The van der Waals surface area contributed by atoms with E-state index >= 15 is 0 Å². The highest BCUT2D eigenvalue weighted by Crippen LogP contribution is 2.10. The first kappa shape index (κ1) is 18.9. The third kappa shape index (κ3) is 8.90. The van der Waals surface area contributed by atoms with Crippen LogP contribution in [0.15, 0.2) is 0 Å². The van der Waals surface area contributed by atoms with Gasteiger partial charge in [-0.15, -0.1) is 0 Å². The van der Waals surface area contributed by atoms with Gasteiger partial charge in [0.25, 0.3) is 0 Å². The Morgan fingerprint density at radius 3 is 1.75 bits per heavy atom. The van der Waals surface area contributed by atoms with E-state index in [9.17, 15) is 8.42 Å². The Morgan fingerprint density at radius 1 is 0.850 bits per heavy atom. The Balaban J connectivity index is 3.87. The third-order valence-corrected chi connectivity index (χ3v) is 4.99. The maximum atomic E-state index is 11.9. The quantitative estimate of drug-likeness (QED) is 0.409. The molecule has 0 unspecified atom stereocenters. The van der Waals surface area contributed by atoms with Crippen LogP contribution in [0.25, 0.3) is 0 Å². The molecule has 0 amide bonds. The van der Waals surface area contributed by atoms with E-state index < -0.39 is 10.0 Å². The lowest BCUT2D eigenvalue weighted by Gasteiger charge is -2.15. The maximum Gasteiger partial charge on any atom is 0.215 e. The van der Waals surface area contributed by atoms with Crippen LogP contribution in [0.2, 0.25) is 0 Å². The number of hydrogen-bond acceptors (Lipinski definition) is 4. The second-order valence-corrected chi connectivity index (χ2v) is 6.96. The molecule has 0 saturated heterocycles. The van der Waals surface area contributed by atoms with Crippen LogP contribution < -0.4 is 0 Å². The van der Waals surface area contributed by atoms with Crippen molar-refractivity contribution in [3.05, 3.63) is 0 Å². The molecule has 5 nitrogen and oxygen atoms in total. The molecule has 0 spiro atoms. The van der Waals surface area contributed by atoms with Crippen molar-refractivity contribution in [3.63, 3.8) is 0 Å². The second-order valence-electron chi connectivity index (χ2n) is 4.88. The molecule has 0 aliphatic heterocycles. The SMILES string of the molecule is CCCCCCCCCCS(=O)(=O)N(CC#N)CC#N. The molecule has 0 saturated carbocycles. The largest absolute Gasteiger partial charge is 0.215 e. The van der Waals surface area contributed by atoms with Crippen LogP contribution in [0.5, 0.6) is 0 Å². The summed E-state index contributed by atoms with van der Waals surface area (Å²) in [5.41, 5.74) is 0. The van der Waals surface area contributed by atoms with E-state index in [0.29, 0.717) is 6.42 Å². The summed E-state index contributed by atoms with van der Waals surface area (Å²) in [6.07, 6.45) is 8.66. The molecule has 0 aromatic heterocycles. The van der Waals surface area contributed by atoms with Crippen molar-refractivity contribution in [2.24, 2.45) is 0 Å². The van der Waals surface area contributed by atoms with Crippen molar-refractivity contribution in [1.82, 2.24) is 4.31 Å². The first-order valence-electron chi connectivity index (χ1n) is 7.30. The molecular formula is C14H25N3O2S. The van der Waals surface area contributed by atoms with Gasteiger partial charge >= 0.3 is 0 Å². The van der Waals surface area contributed by atoms with E-state index in [-0.39, 0.29) is 18.8 Å². The van der Waals surface area contributed by atoms with Crippen LogP contribution in [0.1, 0.15) is 58.3 Å². The fourth-order valence-electron chi connectivity index (χ4n) is 1.96. The lowest BCUT2D eigenvalue weighted by atomic mass is 10.1. The van der Waals surface area contributed by atoms with Crippen LogP contribution in [0.4, 0.5) is 0 Å². The Labute approximate surface area is 123 Å². The standard InChI is InChI=1S/C14H25N3O2S/c1-2-3-4-5-6-7-8-9-14-20(18,19)17(12-10-15)13-11-16/h2-9,12-14H2,1H3. The number of nitriles is 2. The minimum atomic E-state index is -3.46. The Bertz CT molecular complexity index is 405. The van der Waals surface area contributed by atoms with Crippen LogP contribution in [0.3, 0.4) is 0 Å². The van der Waals surface area contributed by atoms with Crippen molar-refractivity contribution in [2.45, 2.75) is 58.3 Å². The number of hydrogen-bond donors (Lipinski definition) is 0. The van der Waals surface area contributed by atoms with Gasteiger partial charge in [0.2, 0.25) is 10.0 Å². The van der Waals surface area contributed by atoms with Gasteiger partial charge in [-0.05, 0) is 6.42 Å². The van der Waals surface area contributed by atoms with Crippen molar-refractivity contribution in [2.75, 3.05) is 18.8 Å². The molecule has 114 valence electrons. The van der Waals surface area contributed by atoms with Gasteiger partial charge in [0.1, 0.15) is 13.1 Å². The van der Waals surface area contributed by atoms with Gasteiger partial charge in [-0.1, -0.05) is 51.9 Å². The van der Waals surface area contributed by atoms with Crippen LogP contribution >= 0.6 is 0 Å². The topological polar surface area (TPSA) is 85.0 Å². The second kappa shape index (κ2) is 11.7. The summed E-state index contributed by atoms with van der Waals surface area (Å²) < 4.78 is 24.8. The predicted octanol–water partition coefficient (Wildman–Crippen LogP) is 2.81. The predicted molar refractivity (Wildman–Crippen MR) is 79.2 cm³/mol. The first-order chi connectivity index (χ1) is 9.58. The summed E-state index contributed by atoms with van der Waals surface area (Å²) in [4.78, 5) is 0. The maximum absolute atomic E-state index is 11.9. The average Bonchev–Trinajstić information content (AvgIpc) is 2.41. The zero-order chi connectivity index (χ0) is 15.3. The zero-order valence-corrected chi connectivity index (χ0v) is 13.2. The van der Waals surface area contributed by atoms with Gasteiger partial charge in [-0.2, -0.15) is 14.8 Å². The van der Waals surface area contributed by atoms with Crippen molar-refractivity contribution < 1.29 is 8.42 Å². The lowest BCUT2D eigenvalue weighted by Crippen LogP contribution is -2.33. The number of rotatable bonds is 12. The van der Waals surface area contributed by atoms with Crippen molar-refractivity contribution in [1.29, 1.82) is 10.5 Å². The highest BCUT2D eigenvalue weighted by atomic mass is 32.2. The van der Waals surface area contributed by atoms with E-state index in [4.69, 9.17) is 10.5 Å². The molecule has 0 bridgehead atoms. The number of sulfonamides is 1. The summed E-state index contributed by atoms with van der Waals surface area (Å²) >= 11 is 0. The van der Waals surface area contributed by atoms with Crippen LogP contribution in [-0.4, -0.2) is 31.6 Å². The average molecular weight is 299 g/mol. The Morgan fingerprint density at radius 2 is 1.30 bits per heavy atom. The zero-order valence-electron chi connectivity index (χ0n) is 12.3. The molecule has 0 N–H and O–H groups in total. The van der Waals surface area contributed by atoms with E-state index in [1.54, 1.807) is 12.1 Å². The highest BCUT2D eigenvalue weighted by Gasteiger charge is 2.20. The van der Waals surface area contributed by atoms with Crippen molar-refractivity contribution in [3.8, 4) is 12.1 Å². The highest BCUT2D eigenvalue weighted by molar-refractivity contribution is 7.89. The summed E-state index contributed by atoms with van der Waals surface area (Å²) in [7, 11) is -3.46. The van der Waals surface area contributed by atoms with Crippen molar-refractivity contribution >= 4 is 10.0 Å². The summed E-state index contributed by atoms with van der Waals surface area (Å²) in [6.45, 7) is 1.69. The molecule has 6 heteroatoms. The molecule has 0 aliphatic rings. The summed E-state index contributed by atoms with van der Waals surface area (Å²) in [6, 6.07) is 3.57. The van der Waals surface area contributed by atoms with Crippen LogP contribution in [-0.2, 0) is 10.0 Å². The first-order valence-corrected chi connectivity index (χ1v) is 8.91. The van der Waals surface area contributed by atoms with Gasteiger partial charge < -0.3 is 0 Å². The Kier molecular flexibility index (Phi) is 11.0. The molecule has 0 radical (unpaired) electrons. The molecule has 0 rings (SSSR count). The smallest absolute Gasteiger partial charge is 0.212 e. The molecule has 0 aromatic rings. The number of nitrogens with zero attached hydrogens (tertiary/aromatic N) is 3. The van der Waals surface area contributed by atoms with Gasteiger partial charge in [-0.3, -0.25) is 0 Å². The summed E-state index contributed by atoms with van der Waals surface area (Å²) in [5.74, 6) is 0.0331. The van der Waals surface area contributed by atoms with E-state index in [2.05, 4.69) is 6.92 Å². The molecule has 0 aliphatic carbocycles. The number of unbranched alkanes of at least 4 members (excludes halogenated alkanes) is 7. The van der Waals surface area contributed by atoms with Gasteiger partial charge in [0.05, 0.1) is 17.9 Å². The minimum absolute atomic E-state index is 0.0331. The molecule has 0 atom stereocenters. The molecule has 20 heavy (non-hydrogen) atoms. The minimum Gasteiger partial charge on any atom is -0.212 e. The van der Waals surface area contributed by atoms with Gasteiger partial charge in [0.15, 0.2) is 0 Å². The molecular weight excluding hydrogens is 274 g/mol.